The summed E-state index contributed by atoms with van der Waals surface area (Å²) in [5, 5.41) is 7.78. The molecule has 1 heterocycles. The fourth-order valence-electron chi connectivity index (χ4n) is 2.68. The van der Waals surface area contributed by atoms with Gasteiger partial charge in [0.1, 0.15) is 0 Å². The van der Waals surface area contributed by atoms with Gasteiger partial charge in [-0.2, -0.15) is 0 Å². The minimum Gasteiger partial charge on any atom is -0.354 e. The molecule has 0 radical (unpaired) electrons. The predicted octanol–water partition coefficient (Wildman–Crippen LogP) is 3.50. The van der Waals surface area contributed by atoms with Crippen molar-refractivity contribution >= 4 is 35.2 Å². The molecule has 1 nitrogen and oxygen atoms in total. The zero-order valence-corrected chi connectivity index (χ0v) is 11.8. The molecule has 20 heavy (non-hydrogen) atoms. The molecule has 0 saturated heterocycles. The molecule has 0 aliphatic carbocycles. The van der Waals surface area contributed by atoms with E-state index in [0.29, 0.717) is 0 Å². The average Bonchev–Trinajstić information content (AvgIpc) is 2.53. The molecule has 3 aromatic rings. The fraction of sp³-hybridized carbons (Fsp3) is 0. The molecular weight excluding hydrogens is 261 g/mol. The highest BCUT2D eigenvalue weighted by molar-refractivity contribution is 7.80. The second-order valence-corrected chi connectivity index (χ2v) is 6.98. The van der Waals surface area contributed by atoms with E-state index in [1.807, 2.05) is 0 Å². The first-order valence-corrected chi connectivity index (χ1v) is 8.08. The van der Waals surface area contributed by atoms with E-state index < -0.39 is 7.92 Å². The van der Waals surface area contributed by atoms with E-state index in [0.717, 1.165) is 0 Å². The quantitative estimate of drug-likeness (QED) is 0.524. The highest BCUT2D eigenvalue weighted by atomic mass is 31.1. The topological polar surface area (TPSA) is 12.0 Å². The van der Waals surface area contributed by atoms with Gasteiger partial charge >= 0.3 is 0 Å². The number of hydrogen-bond donors (Lipinski definition) is 1. The van der Waals surface area contributed by atoms with E-state index in [9.17, 15) is 0 Å². The van der Waals surface area contributed by atoms with Crippen molar-refractivity contribution in [2.75, 3.05) is 5.32 Å². The zero-order valence-electron chi connectivity index (χ0n) is 11.0. The van der Waals surface area contributed by atoms with Crippen molar-refractivity contribution in [3.8, 4) is 0 Å². The number of hydrogen-bond acceptors (Lipinski definition) is 1. The lowest BCUT2D eigenvalue weighted by molar-refractivity contribution is 1.58. The molecule has 0 amide bonds. The minimum atomic E-state index is -0.461. The number of nitrogens with one attached hydrogen (secondary N) is 1. The third-order valence-electron chi connectivity index (χ3n) is 3.57. The van der Waals surface area contributed by atoms with Crippen LogP contribution in [-0.4, -0.2) is 0 Å². The Hall–Kier alpha value is -2.11. The normalized spacial score (nSPS) is 13.2. The van der Waals surface area contributed by atoms with E-state index in [1.54, 1.807) is 0 Å². The van der Waals surface area contributed by atoms with Crippen LogP contribution < -0.4 is 21.2 Å². The Morgan fingerprint density at radius 2 is 1.05 bits per heavy atom. The molecule has 0 fully saturated rings. The highest BCUT2D eigenvalue weighted by Gasteiger charge is 2.25. The Balaban J connectivity index is 1.98. The fourth-order valence-corrected chi connectivity index (χ4v) is 5.18. The SMILES string of the molecule is c1ccc(P2c3ccccc3Nc3ccccc32)cc1. The lowest BCUT2D eigenvalue weighted by Gasteiger charge is -2.29. The summed E-state index contributed by atoms with van der Waals surface area (Å²) in [6.45, 7) is 0. The van der Waals surface area contributed by atoms with Crippen LogP contribution in [0.5, 0.6) is 0 Å². The molecule has 0 unspecified atom stereocenters. The summed E-state index contributed by atoms with van der Waals surface area (Å²) < 4.78 is 0. The molecule has 1 N–H and O–H groups in total. The molecule has 1 aliphatic heterocycles. The van der Waals surface area contributed by atoms with E-state index in [2.05, 4.69) is 84.2 Å². The second-order valence-electron chi connectivity index (χ2n) is 4.83. The molecular formula is C18H14NP. The molecule has 0 saturated carbocycles. The first-order chi connectivity index (χ1) is 9.93. The van der Waals surface area contributed by atoms with E-state index in [4.69, 9.17) is 0 Å². The summed E-state index contributed by atoms with van der Waals surface area (Å²) in [6, 6.07) is 28.1. The number of fused-ring (bicyclic) bond motifs is 2. The largest absolute Gasteiger partial charge is 0.354 e. The smallest absolute Gasteiger partial charge is 0.0469 e. The van der Waals surface area contributed by atoms with Gasteiger partial charge in [0.2, 0.25) is 0 Å². The molecule has 0 aromatic heterocycles. The van der Waals surface area contributed by atoms with Crippen LogP contribution in [0.15, 0.2) is 78.9 Å². The van der Waals surface area contributed by atoms with Crippen molar-refractivity contribution in [3.05, 3.63) is 78.9 Å². The Labute approximate surface area is 120 Å². The first-order valence-electron chi connectivity index (χ1n) is 6.74. The van der Waals surface area contributed by atoms with Crippen molar-refractivity contribution in [1.82, 2.24) is 0 Å². The Morgan fingerprint density at radius 3 is 1.65 bits per heavy atom. The van der Waals surface area contributed by atoms with Gasteiger partial charge in [-0.05, 0) is 25.4 Å². The van der Waals surface area contributed by atoms with Crippen molar-refractivity contribution in [2.45, 2.75) is 0 Å². The average molecular weight is 275 g/mol. The first kappa shape index (κ1) is 11.7. The maximum atomic E-state index is 3.56. The van der Waals surface area contributed by atoms with Gasteiger partial charge in [0.25, 0.3) is 0 Å². The maximum absolute atomic E-state index is 3.56. The van der Waals surface area contributed by atoms with Gasteiger partial charge < -0.3 is 5.32 Å². The van der Waals surface area contributed by atoms with Gasteiger partial charge in [0, 0.05) is 22.0 Å². The minimum absolute atomic E-state index is 0.461. The third kappa shape index (κ3) is 1.83. The van der Waals surface area contributed by atoms with Gasteiger partial charge in [-0.3, -0.25) is 0 Å². The second kappa shape index (κ2) is 4.77. The number of benzene rings is 3. The van der Waals surface area contributed by atoms with Gasteiger partial charge in [0.15, 0.2) is 0 Å². The molecule has 1 aliphatic rings. The van der Waals surface area contributed by atoms with Gasteiger partial charge in [-0.25, -0.2) is 0 Å². The van der Waals surface area contributed by atoms with Crippen LogP contribution in [0.1, 0.15) is 0 Å². The molecule has 3 aromatic carbocycles. The molecule has 96 valence electrons. The zero-order chi connectivity index (χ0) is 13.4. The lowest BCUT2D eigenvalue weighted by Crippen LogP contribution is -2.28. The summed E-state index contributed by atoms with van der Waals surface area (Å²) in [6.07, 6.45) is 0. The van der Waals surface area contributed by atoms with Crippen LogP contribution >= 0.6 is 7.92 Å². The predicted molar refractivity (Wildman–Crippen MR) is 88.4 cm³/mol. The van der Waals surface area contributed by atoms with E-state index >= 15 is 0 Å². The standard InChI is InChI=1S/C18H14NP/c1-2-8-14(9-3-1)20-17-12-6-4-10-15(17)19-16-11-5-7-13-18(16)20/h1-13,19H. The monoisotopic (exact) mass is 275 g/mol. The Morgan fingerprint density at radius 1 is 0.550 bits per heavy atom. The Kier molecular flexibility index (Phi) is 2.79. The molecule has 0 spiro atoms. The van der Waals surface area contributed by atoms with Gasteiger partial charge in [-0.1, -0.05) is 66.7 Å². The van der Waals surface area contributed by atoms with E-state index in [-0.39, 0.29) is 0 Å². The van der Waals surface area contributed by atoms with Gasteiger partial charge in [0.05, 0.1) is 0 Å². The van der Waals surface area contributed by atoms with Crippen LogP contribution in [0.4, 0.5) is 11.4 Å². The summed E-state index contributed by atoms with van der Waals surface area (Å²) in [4.78, 5) is 0. The summed E-state index contributed by atoms with van der Waals surface area (Å²) in [5.41, 5.74) is 2.47. The van der Waals surface area contributed by atoms with Crippen LogP contribution in [-0.2, 0) is 0 Å². The molecule has 0 atom stereocenters. The van der Waals surface area contributed by atoms with Crippen molar-refractivity contribution < 1.29 is 0 Å². The van der Waals surface area contributed by atoms with Crippen molar-refractivity contribution in [2.24, 2.45) is 0 Å². The molecule has 2 heteroatoms. The van der Waals surface area contributed by atoms with Crippen molar-refractivity contribution in [1.29, 1.82) is 0 Å². The van der Waals surface area contributed by atoms with Crippen LogP contribution in [0.25, 0.3) is 0 Å². The number of rotatable bonds is 1. The summed E-state index contributed by atoms with van der Waals surface area (Å²) in [5.74, 6) is 0. The number of anilines is 2. The maximum Gasteiger partial charge on any atom is 0.0469 e. The van der Waals surface area contributed by atoms with Crippen molar-refractivity contribution in [3.63, 3.8) is 0 Å². The van der Waals surface area contributed by atoms with Crippen LogP contribution in [0, 0.1) is 0 Å². The van der Waals surface area contributed by atoms with Crippen LogP contribution in [0.2, 0.25) is 0 Å². The summed E-state index contributed by atoms with van der Waals surface area (Å²) in [7, 11) is -0.461. The summed E-state index contributed by atoms with van der Waals surface area (Å²) >= 11 is 0. The van der Waals surface area contributed by atoms with Gasteiger partial charge in [-0.15, -0.1) is 0 Å². The highest BCUT2D eigenvalue weighted by Crippen LogP contribution is 2.42. The van der Waals surface area contributed by atoms with Crippen LogP contribution in [0.3, 0.4) is 0 Å². The molecule has 0 bridgehead atoms. The molecule has 4 rings (SSSR count). The third-order valence-corrected chi connectivity index (χ3v) is 6.13. The Bertz CT molecular complexity index is 707. The van der Waals surface area contributed by atoms with E-state index in [1.165, 1.54) is 27.3 Å². The lowest BCUT2D eigenvalue weighted by atomic mass is 10.2. The number of para-hydroxylation sites is 2.